The van der Waals surface area contributed by atoms with E-state index in [1.54, 1.807) is 60.7 Å². The normalized spacial score (nSPS) is 17.3. The number of benzene rings is 3. The van der Waals surface area contributed by atoms with Crippen LogP contribution in [0.25, 0.3) is 5.76 Å². The van der Waals surface area contributed by atoms with Gasteiger partial charge >= 0.3 is 0 Å². The Bertz CT molecular complexity index is 1270. The second kappa shape index (κ2) is 8.58. The van der Waals surface area contributed by atoms with E-state index in [2.05, 4.69) is 0 Å². The Morgan fingerprint density at radius 3 is 2.24 bits per heavy atom. The average Bonchev–Trinajstić information content (AvgIpc) is 3.09. The molecule has 3 aromatic rings. The maximum atomic E-state index is 13.2. The van der Waals surface area contributed by atoms with Gasteiger partial charge in [0, 0.05) is 43.2 Å². The van der Waals surface area contributed by atoms with Crippen LogP contribution in [-0.2, 0) is 9.59 Å². The van der Waals surface area contributed by atoms with Crippen LogP contribution in [0.15, 0.2) is 84.4 Å². The largest absolute Gasteiger partial charge is 0.507 e. The van der Waals surface area contributed by atoms with Crippen molar-refractivity contribution in [2.24, 2.45) is 0 Å². The molecule has 0 radical (unpaired) electrons. The first-order chi connectivity index (χ1) is 15.8. The molecule has 0 spiro atoms. The van der Waals surface area contributed by atoms with Gasteiger partial charge in [0.25, 0.3) is 17.4 Å². The Labute approximate surface area is 190 Å². The number of rotatable bonds is 5. The summed E-state index contributed by atoms with van der Waals surface area (Å²) >= 11 is 0. The number of Topliss-reactive ketones (excluding diaryl/α,β-unsaturated/α-hetero) is 1. The number of ketones is 1. The van der Waals surface area contributed by atoms with Crippen molar-refractivity contribution in [2.75, 3.05) is 23.9 Å². The molecule has 0 saturated carbocycles. The van der Waals surface area contributed by atoms with Gasteiger partial charge in [-0.25, -0.2) is 0 Å². The summed E-state index contributed by atoms with van der Waals surface area (Å²) in [4.78, 5) is 40.3. The lowest BCUT2D eigenvalue weighted by Gasteiger charge is -2.26. The van der Waals surface area contributed by atoms with Crippen LogP contribution in [0.3, 0.4) is 0 Å². The molecule has 0 aromatic heterocycles. The molecule has 0 bridgehead atoms. The number of nitro groups is 1. The molecule has 0 aliphatic carbocycles. The van der Waals surface area contributed by atoms with Crippen molar-refractivity contribution < 1.29 is 19.6 Å². The van der Waals surface area contributed by atoms with Crippen molar-refractivity contribution in [3.8, 4) is 0 Å². The molecule has 1 saturated heterocycles. The van der Waals surface area contributed by atoms with Gasteiger partial charge in [-0.05, 0) is 29.8 Å². The third-order valence-corrected chi connectivity index (χ3v) is 5.53. The number of nitrogens with zero attached hydrogens (tertiary/aromatic N) is 3. The highest BCUT2D eigenvalue weighted by molar-refractivity contribution is 6.51. The summed E-state index contributed by atoms with van der Waals surface area (Å²) in [6, 6.07) is 20.1. The lowest BCUT2D eigenvalue weighted by atomic mass is 9.95. The molecule has 1 atom stereocenters. The van der Waals surface area contributed by atoms with E-state index in [0.717, 1.165) is 5.69 Å². The maximum absolute atomic E-state index is 13.2. The molecule has 166 valence electrons. The minimum Gasteiger partial charge on any atom is -0.507 e. The van der Waals surface area contributed by atoms with Crippen molar-refractivity contribution in [3.05, 3.63) is 106 Å². The predicted molar refractivity (Wildman–Crippen MR) is 125 cm³/mol. The third-order valence-electron chi connectivity index (χ3n) is 5.53. The van der Waals surface area contributed by atoms with Crippen LogP contribution in [0, 0.1) is 10.1 Å². The van der Waals surface area contributed by atoms with E-state index in [4.69, 9.17) is 0 Å². The van der Waals surface area contributed by atoms with E-state index in [1.165, 1.54) is 23.1 Å². The fourth-order valence-corrected chi connectivity index (χ4v) is 3.89. The number of carbonyl (C=O) groups is 2. The second-order valence-corrected chi connectivity index (χ2v) is 7.80. The molecule has 33 heavy (non-hydrogen) atoms. The molecule has 8 heteroatoms. The summed E-state index contributed by atoms with van der Waals surface area (Å²) < 4.78 is 0. The Hall–Kier alpha value is -4.46. The van der Waals surface area contributed by atoms with Crippen molar-refractivity contribution in [1.29, 1.82) is 0 Å². The number of carbonyl (C=O) groups excluding carboxylic acids is 2. The van der Waals surface area contributed by atoms with Gasteiger partial charge in [-0.3, -0.25) is 24.6 Å². The Morgan fingerprint density at radius 1 is 0.970 bits per heavy atom. The van der Waals surface area contributed by atoms with Crippen LogP contribution in [0.4, 0.5) is 17.1 Å². The number of aliphatic hydroxyl groups is 1. The van der Waals surface area contributed by atoms with E-state index in [0.29, 0.717) is 16.8 Å². The van der Waals surface area contributed by atoms with E-state index < -0.39 is 22.7 Å². The quantitative estimate of drug-likeness (QED) is 0.207. The number of hydrogen-bond acceptors (Lipinski definition) is 6. The molecule has 1 fully saturated rings. The first kappa shape index (κ1) is 21.8. The van der Waals surface area contributed by atoms with Gasteiger partial charge in [0.2, 0.25) is 0 Å². The summed E-state index contributed by atoms with van der Waals surface area (Å²) in [6.45, 7) is 0. The molecular weight excluding hydrogens is 422 g/mol. The van der Waals surface area contributed by atoms with Crippen LogP contribution in [0.2, 0.25) is 0 Å². The molecule has 1 heterocycles. The second-order valence-electron chi connectivity index (χ2n) is 7.80. The summed E-state index contributed by atoms with van der Waals surface area (Å²) in [7, 11) is 3.76. The molecule has 0 unspecified atom stereocenters. The highest BCUT2D eigenvalue weighted by Crippen LogP contribution is 2.43. The zero-order valence-corrected chi connectivity index (χ0v) is 18.0. The monoisotopic (exact) mass is 443 g/mol. The highest BCUT2D eigenvalue weighted by atomic mass is 16.6. The molecule has 1 aliphatic rings. The smallest absolute Gasteiger partial charge is 0.300 e. The lowest BCUT2D eigenvalue weighted by molar-refractivity contribution is -0.384. The van der Waals surface area contributed by atoms with Crippen LogP contribution >= 0.6 is 0 Å². The standard InChI is InChI=1S/C25H21N3O5/c1-26(2)18-11-13-19(14-12-18)27-22(17-9-6-10-20(15-17)28(32)33)21(24(30)25(27)31)23(29)16-7-4-3-5-8-16/h3-15,22,29H,1-2H3/t22-/m0/s1. The van der Waals surface area contributed by atoms with Gasteiger partial charge in [0.05, 0.1) is 16.5 Å². The van der Waals surface area contributed by atoms with E-state index >= 15 is 0 Å². The maximum Gasteiger partial charge on any atom is 0.300 e. The van der Waals surface area contributed by atoms with E-state index in [1.807, 2.05) is 19.0 Å². The summed E-state index contributed by atoms with van der Waals surface area (Å²) in [5.41, 5.74) is 1.74. The average molecular weight is 443 g/mol. The van der Waals surface area contributed by atoms with Gasteiger partial charge in [0.1, 0.15) is 5.76 Å². The van der Waals surface area contributed by atoms with Gasteiger partial charge in [-0.1, -0.05) is 42.5 Å². The SMILES string of the molecule is CN(C)c1ccc(N2C(=O)C(=O)C(=C(O)c3ccccc3)[C@@H]2c2cccc([N+](=O)[O-])c2)cc1. The van der Waals surface area contributed by atoms with Crippen LogP contribution in [0.5, 0.6) is 0 Å². The van der Waals surface area contributed by atoms with Gasteiger partial charge in [0.15, 0.2) is 0 Å². The number of aliphatic hydroxyl groups excluding tert-OH is 1. The zero-order valence-electron chi connectivity index (χ0n) is 18.0. The molecular formula is C25H21N3O5. The van der Waals surface area contributed by atoms with Crippen molar-refractivity contribution >= 4 is 34.5 Å². The van der Waals surface area contributed by atoms with Crippen molar-refractivity contribution in [1.82, 2.24) is 0 Å². The first-order valence-electron chi connectivity index (χ1n) is 10.2. The molecule has 1 N–H and O–H groups in total. The van der Waals surface area contributed by atoms with Crippen LogP contribution < -0.4 is 9.80 Å². The Kier molecular flexibility index (Phi) is 5.66. The molecule has 8 nitrogen and oxygen atoms in total. The highest BCUT2D eigenvalue weighted by Gasteiger charge is 2.47. The first-order valence-corrected chi connectivity index (χ1v) is 10.2. The van der Waals surface area contributed by atoms with Gasteiger partial charge < -0.3 is 10.0 Å². The fraction of sp³-hybridized carbons (Fsp3) is 0.120. The Balaban J connectivity index is 1.94. The number of amides is 1. The fourth-order valence-electron chi connectivity index (χ4n) is 3.89. The zero-order chi connectivity index (χ0) is 23.7. The number of anilines is 2. The van der Waals surface area contributed by atoms with Gasteiger partial charge in [-0.15, -0.1) is 0 Å². The molecule has 1 amide bonds. The lowest BCUT2D eigenvalue weighted by Crippen LogP contribution is -2.29. The molecule has 4 rings (SSSR count). The van der Waals surface area contributed by atoms with E-state index in [9.17, 15) is 24.8 Å². The predicted octanol–water partition coefficient (Wildman–Crippen LogP) is 4.29. The molecule has 1 aliphatic heterocycles. The summed E-state index contributed by atoms with van der Waals surface area (Å²) in [5.74, 6) is -2.01. The minimum atomic E-state index is -1.03. The van der Waals surface area contributed by atoms with Crippen LogP contribution in [0.1, 0.15) is 17.2 Å². The third kappa shape index (κ3) is 3.94. The number of nitro benzene ring substituents is 1. The van der Waals surface area contributed by atoms with Crippen LogP contribution in [-0.4, -0.2) is 35.8 Å². The number of non-ortho nitro benzene ring substituents is 1. The van der Waals surface area contributed by atoms with Gasteiger partial charge in [-0.2, -0.15) is 0 Å². The Morgan fingerprint density at radius 2 is 1.64 bits per heavy atom. The molecule has 3 aromatic carbocycles. The number of hydrogen-bond donors (Lipinski definition) is 1. The summed E-state index contributed by atoms with van der Waals surface area (Å²) in [6.07, 6.45) is 0. The topological polar surface area (TPSA) is 104 Å². The van der Waals surface area contributed by atoms with Crippen molar-refractivity contribution in [3.63, 3.8) is 0 Å². The van der Waals surface area contributed by atoms with E-state index in [-0.39, 0.29) is 17.0 Å². The summed E-state index contributed by atoms with van der Waals surface area (Å²) in [5, 5.41) is 22.4. The minimum absolute atomic E-state index is 0.122. The van der Waals surface area contributed by atoms with Crippen molar-refractivity contribution in [2.45, 2.75) is 6.04 Å².